The molecule has 0 bridgehead atoms. The minimum absolute atomic E-state index is 0.0372. The first-order valence-corrected chi connectivity index (χ1v) is 15.4. The first-order valence-electron chi connectivity index (χ1n) is 13.3. The molecule has 0 aromatic heterocycles. The van der Waals surface area contributed by atoms with Gasteiger partial charge < -0.3 is 5.73 Å². The standard InChI is InChI=1S/C33H30Cl3N3OS/c1-18-10-19(2)24(11-20(18)17-41-29-13-22(35)8-9-26(29)36)30-25(16-37)32(38)39(23-7-5-6-21(34)12-23)27-14-33(3,4)15-28(40)31(27)30/h5-13,30H,14-15,17,38H2,1-4H3. The number of nitriles is 1. The largest absolute Gasteiger partial charge is 0.384 e. The van der Waals surface area contributed by atoms with Crippen LogP contribution in [0.4, 0.5) is 5.69 Å². The third-order valence-corrected chi connectivity index (χ3v) is 9.78. The molecule has 41 heavy (non-hydrogen) atoms. The van der Waals surface area contributed by atoms with Crippen molar-refractivity contribution in [3.8, 4) is 6.07 Å². The van der Waals surface area contributed by atoms with Gasteiger partial charge in [-0.2, -0.15) is 5.26 Å². The fourth-order valence-corrected chi connectivity index (χ4v) is 7.60. The zero-order valence-corrected chi connectivity index (χ0v) is 26.4. The summed E-state index contributed by atoms with van der Waals surface area (Å²) in [5, 5.41) is 12.3. The van der Waals surface area contributed by atoms with Crippen molar-refractivity contribution in [2.24, 2.45) is 11.1 Å². The summed E-state index contributed by atoms with van der Waals surface area (Å²) >= 11 is 20.6. The number of hydrogen-bond donors (Lipinski definition) is 1. The van der Waals surface area contributed by atoms with Crippen LogP contribution < -0.4 is 10.6 Å². The van der Waals surface area contributed by atoms with Crippen molar-refractivity contribution in [2.45, 2.75) is 57.1 Å². The van der Waals surface area contributed by atoms with Gasteiger partial charge in [0.2, 0.25) is 0 Å². The van der Waals surface area contributed by atoms with Crippen LogP contribution in [0.15, 0.2) is 82.2 Å². The number of nitrogens with two attached hydrogens (primary N) is 1. The minimum atomic E-state index is -0.562. The maximum absolute atomic E-state index is 14.0. The summed E-state index contributed by atoms with van der Waals surface area (Å²) in [7, 11) is 0. The fourth-order valence-electron chi connectivity index (χ4n) is 5.86. The number of benzene rings is 3. The summed E-state index contributed by atoms with van der Waals surface area (Å²) in [5.41, 5.74) is 13.3. The number of thioether (sulfide) groups is 1. The molecule has 1 heterocycles. The number of hydrogen-bond acceptors (Lipinski definition) is 5. The SMILES string of the molecule is Cc1cc(C)c(C2C(C#N)=C(N)N(c3cccc(Cl)c3)C3=C2C(=O)CC(C)(C)C3)cc1CSc1cc(Cl)ccc1Cl. The monoisotopic (exact) mass is 621 g/mol. The van der Waals surface area contributed by atoms with E-state index in [0.717, 1.165) is 38.5 Å². The van der Waals surface area contributed by atoms with Gasteiger partial charge in [0.15, 0.2) is 5.78 Å². The highest BCUT2D eigenvalue weighted by Crippen LogP contribution is 2.51. The molecule has 8 heteroatoms. The summed E-state index contributed by atoms with van der Waals surface area (Å²) in [6, 6.07) is 19.4. The van der Waals surface area contributed by atoms with Crippen LogP contribution in [0, 0.1) is 30.6 Å². The van der Waals surface area contributed by atoms with E-state index >= 15 is 0 Å². The number of Topliss-reactive ketones (excluding diaryl/α,β-unsaturated/α-hetero) is 1. The van der Waals surface area contributed by atoms with E-state index in [1.54, 1.807) is 30.0 Å². The zero-order chi connectivity index (χ0) is 29.6. The Morgan fingerprint density at radius 1 is 1.02 bits per heavy atom. The van der Waals surface area contributed by atoms with E-state index in [4.69, 9.17) is 40.5 Å². The highest BCUT2D eigenvalue weighted by molar-refractivity contribution is 7.98. The Bertz CT molecular complexity index is 1690. The number of ketones is 1. The lowest BCUT2D eigenvalue weighted by Crippen LogP contribution is -2.42. The number of carbonyl (C=O) groups is 1. The Kier molecular flexibility index (Phi) is 8.25. The second-order valence-corrected chi connectivity index (χ2v) is 13.8. The van der Waals surface area contributed by atoms with Gasteiger partial charge in [0.25, 0.3) is 0 Å². The van der Waals surface area contributed by atoms with E-state index in [0.29, 0.717) is 50.6 Å². The Balaban J connectivity index is 1.66. The fraction of sp³-hybridized carbons (Fsp3) is 0.273. The van der Waals surface area contributed by atoms with Gasteiger partial charge in [-0.3, -0.25) is 9.69 Å². The lowest BCUT2D eigenvalue weighted by molar-refractivity contribution is -0.118. The van der Waals surface area contributed by atoms with Crippen LogP contribution in [-0.2, 0) is 10.5 Å². The van der Waals surface area contributed by atoms with E-state index in [9.17, 15) is 10.1 Å². The van der Waals surface area contributed by atoms with Gasteiger partial charge in [0.1, 0.15) is 5.82 Å². The van der Waals surface area contributed by atoms with Gasteiger partial charge >= 0.3 is 0 Å². The second kappa shape index (κ2) is 11.4. The maximum Gasteiger partial charge on any atom is 0.162 e. The number of nitrogens with zero attached hydrogens (tertiary/aromatic N) is 2. The first-order chi connectivity index (χ1) is 19.4. The van der Waals surface area contributed by atoms with Crippen LogP contribution in [0.25, 0.3) is 0 Å². The molecule has 0 radical (unpaired) electrons. The molecule has 1 atom stereocenters. The van der Waals surface area contributed by atoms with Crippen LogP contribution in [0.2, 0.25) is 15.1 Å². The van der Waals surface area contributed by atoms with Crippen molar-refractivity contribution in [1.29, 1.82) is 5.26 Å². The van der Waals surface area contributed by atoms with E-state index < -0.39 is 5.92 Å². The van der Waals surface area contributed by atoms with Gasteiger partial charge in [-0.1, -0.05) is 66.8 Å². The molecule has 2 N–H and O–H groups in total. The zero-order valence-electron chi connectivity index (χ0n) is 23.3. The summed E-state index contributed by atoms with van der Waals surface area (Å²) in [4.78, 5) is 16.7. The van der Waals surface area contributed by atoms with Crippen LogP contribution >= 0.6 is 46.6 Å². The quantitative estimate of drug-likeness (QED) is 0.287. The minimum Gasteiger partial charge on any atom is -0.384 e. The van der Waals surface area contributed by atoms with Crippen LogP contribution in [-0.4, -0.2) is 5.78 Å². The molecular weight excluding hydrogens is 593 g/mol. The van der Waals surface area contributed by atoms with Crippen molar-refractivity contribution in [3.05, 3.63) is 115 Å². The molecular formula is C33H30Cl3N3OS. The topological polar surface area (TPSA) is 70.1 Å². The van der Waals surface area contributed by atoms with Gasteiger partial charge in [-0.15, -0.1) is 11.8 Å². The number of allylic oxidation sites excluding steroid dienone is 3. The Labute approximate surface area is 260 Å². The third kappa shape index (κ3) is 5.76. The molecule has 3 aromatic carbocycles. The molecule has 0 saturated heterocycles. The van der Waals surface area contributed by atoms with E-state index in [-0.39, 0.29) is 11.2 Å². The predicted molar refractivity (Wildman–Crippen MR) is 170 cm³/mol. The Morgan fingerprint density at radius 3 is 2.46 bits per heavy atom. The van der Waals surface area contributed by atoms with Gasteiger partial charge in [-0.25, -0.2) is 0 Å². The molecule has 3 aromatic rings. The van der Waals surface area contributed by atoms with E-state index in [1.807, 2.05) is 36.1 Å². The molecule has 5 rings (SSSR count). The van der Waals surface area contributed by atoms with Crippen LogP contribution in [0.3, 0.4) is 0 Å². The van der Waals surface area contributed by atoms with Gasteiger partial charge in [-0.05, 0) is 84.3 Å². The Morgan fingerprint density at radius 2 is 1.76 bits per heavy atom. The number of rotatable bonds is 5. The lowest BCUT2D eigenvalue weighted by atomic mass is 9.68. The normalized spacial score (nSPS) is 18.4. The van der Waals surface area contributed by atoms with Crippen LogP contribution in [0.1, 0.15) is 54.9 Å². The average molecular weight is 623 g/mol. The lowest BCUT2D eigenvalue weighted by Gasteiger charge is -2.44. The maximum atomic E-state index is 14.0. The molecule has 2 aliphatic rings. The number of aryl methyl sites for hydroxylation is 2. The molecule has 0 spiro atoms. The average Bonchev–Trinajstić information content (AvgIpc) is 2.89. The molecule has 4 nitrogen and oxygen atoms in total. The van der Waals surface area contributed by atoms with E-state index in [2.05, 4.69) is 39.0 Å². The Hall–Kier alpha value is -2.88. The van der Waals surface area contributed by atoms with Crippen molar-refractivity contribution in [3.63, 3.8) is 0 Å². The predicted octanol–water partition coefficient (Wildman–Crippen LogP) is 9.50. The molecule has 1 aliphatic carbocycles. The third-order valence-electron chi connectivity index (χ3n) is 7.76. The molecule has 0 amide bonds. The molecule has 1 unspecified atom stereocenters. The van der Waals surface area contributed by atoms with Crippen molar-refractivity contribution >= 4 is 58.0 Å². The van der Waals surface area contributed by atoms with E-state index in [1.165, 1.54) is 0 Å². The van der Waals surface area contributed by atoms with Gasteiger partial charge in [0, 0.05) is 44.1 Å². The smallest absolute Gasteiger partial charge is 0.162 e. The summed E-state index contributed by atoms with van der Waals surface area (Å²) < 4.78 is 0. The van der Waals surface area contributed by atoms with Crippen molar-refractivity contribution < 1.29 is 4.79 Å². The van der Waals surface area contributed by atoms with Crippen LogP contribution in [0.5, 0.6) is 0 Å². The summed E-state index contributed by atoms with van der Waals surface area (Å²) in [6.07, 6.45) is 1.03. The molecule has 1 aliphatic heterocycles. The highest BCUT2D eigenvalue weighted by atomic mass is 35.5. The molecule has 210 valence electrons. The first kappa shape index (κ1) is 29.6. The summed E-state index contributed by atoms with van der Waals surface area (Å²) in [6.45, 7) is 8.28. The molecule has 0 fully saturated rings. The van der Waals surface area contributed by atoms with Crippen molar-refractivity contribution in [1.82, 2.24) is 0 Å². The van der Waals surface area contributed by atoms with Crippen molar-refractivity contribution in [2.75, 3.05) is 4.90 Å². The number of halogens is 3. The number of carbonyl (C=O) groups excluding carboxylic acids is 1. The van der Waals surface area contributed by atoms with Gasteiger partial charge in [0.05, 0.1) is 22.6 Å². The summed E-state index contributed by atoms with van der Waals surface area (Å²) in [5.74, 6) is 0.447. The second-order valence-electron chi connectivity index (χ2n) is 11.5. The molecule has 0 saturated carbocycles. The highest BCUT2D eigenvalue weighted by Gasteiger charge is 2.45. The number of anilines is 1.